The molecule has 3 fully saturated rings. The Hall–Kier alpha value is -2.61. The fourth-order valence-corrected chi connectivity index (χ4v) is 4.34. The minimum absolute atomic E-state index is 0.0419. The number of hydrogen-bond donors (Lipinski definition) is 1. The number of morpholine rings is 1. The molecule has 1 aromatic rings. The van der Waals surface area contributed by atoms with Crippen molar-refractivity contribution in [1.29, 1.82) is 0 Å². The quantitative estimate of drug-likeness (QED) is 0.731. The molecule has 4 rings (SSSR count). The van der Waals surface area contributed by atoms with Crippen molar-refractivity contribution in [1.82, 2.24) is 9.80 Å². The minimum Gasteiger partial charge on any atom is -0.378 e. The van der Waals surface area contributed by atoms with Gasteiger partial charge in [0.05, 0.1) is 18.8 Å². The first kappa shape index (κ1) is 22.6. The monoisotopic (exact) mass is 442 g/mol. The van der Waals surface area contributed by atoms with Gasteiger partial charge < -0.3 is 24.8 Å². The molecular formula is C24H34N4O4. The Morgan fingerprint density at radius 1 is 1.00 bits per heavy atom. The summed E-state index contributed by atoms with van der Waals surface area (Å²) in [4.78, 5) is 44.1. The van der Waals surface area contributed by atoms with Gasteiger partial charge in [0.15, 0.2) is 0 Å². The van der Waals surface area contributed by atoms with Crippen LogP contribution in [0, 0.1) is 11.8 Å². The third-order valence-electron chi connectivity index (χ3n) is 6.26. The molecule has 0 spiro atoms. The molecule has 0 aromatic heterocycles. The highest BCUT2D eigenvalue weighted by Crippen LogP contribution is 2.32. The summed E-state index contributed by atoms with van der Waals surface area (Å²) in [6.07, 6.45) is 2.47. The number of nitrogens with one attached hydrogen (secondary N) is 1. The first-order chi connectivity index (χ1) is 15.4. The average molecular weight is 443 g/mol. The predicted octanol–water partition coefficient (Wildman–Crippen LogP) is 2.20. The van der Waals surface area contributed by atoms with Crippen molar-refractivity contribution < 1.29 is 19.1 Å². The number of amides is 3. The molecule has 0 atom stereocenters. The van der Waals surface area contributed by atoms with E-state index in [9.17, 15) is 14.4 Å². The lowest BCUT2D eigenvalue weighted by Gasteiger charge is -2.37. The predicted molar refractivity (Wildman–Crippen MR) is 123 cm³/mol. The van der Waals surface area contributed by atoms with Crippen LogP contribution in [0.15, 0.2) is 18.2 Å². The second-order valence-corrected chi connectivity index (χ2v) is 9.37. The third kappa shape index (κ3) is 5.41. The van der Waals surface area contributed by atoms with E-state index in [0.29, 0.717) is 70.2 Å². The summed E-state index contributed by atoms with van der Waals surface area (Å²) < 4.78 is 5.41. The van der Waals surface area contributed by atoms with Gasteiger partial charge in [-0.1, -0.05) is 13.8 Å². The molecule has 0 bridgehead atoms. The molecule has 1 N–H and O–H groups in total. The fraction of sp³-hybridized carbons (Fsp3) is 0.625. The summed E-state index contributed by atoms with van der Waals surface area (Å²) in [6, 6.07) is 5.59. The van der Waals surface area contributed by atoms with Crippen molar-refractivity contribution in [3.8, 4) is 0 Å². The Morgan fingerprint density at radius 3 is 2.31 bits per heavy atom. The highest BCUT2D eigenvalue weighted by atomic mass is 16.5. The van der Waals surface area contributed by atoms with Gasteiger partial charge in [-0.25, -0.2) is 0 Å². The molecule has 8 nitrogen and oxygen atoms in total. The summed E-state index contributed by atoms with van der Waals surface area (Å²) in [7, 11) is 0. The normalized spacial score (nSPS) is 19.3. The molecule has 32 heavy (non-hydrogen) atoms. The van der Waals surface area contributed by atoms with Crippen LogP contribution in [0.2, 0.25) is 0 Å². The van der Waals surface area contributed by atoms with Crippen LogP contribution in [0.5, 0.6) is 0 Å². The van der Waals surface area contributed by atoms with E-state index in [1.807, 2.05) is 35.8 Å². The zero-order valence-electron chi connectivity index (χ0n) is 19.1. The summed E-state index contributed by atoms with van der Waals surface area (Å²) >= 11 is 0. The summed E-state index contributed by atoms with van der Waals surface area (Å²) in [6.45, 7) is 8.94. The first-order valence-electron chi connectivity index (χ1n) is 11.8. The van der Waals surface area contributed by atoms with Gasteiger partial charge in [0.1, 0.15) is 0 Å². The lowest BCUT2D eigenvalue weighted by molar-refractivity contribution is -0.132. The average Bonchev–Trinajstić information content (AvgIpc) is 3.64. The molecule has 1 aliphatic carbocycles. The van der Waals surface area contributed by atoms with Gasteiger partial charge >= 0.3 is 0 Å². The van der Waals surface area contributed by atoms with Crippen molar-refractivity contribution >= 4 is 29.1 Å². The van der Waals surface area contributed by atoms with Gasteiger partial charge in [-0.15, -0.1) is 0 Å². The van der Waals surface area contributed by atoms with E-state index in [1.165, 1.54) is 0 Å². The molecule has 0 unspecified atom stereocenters. The van der Waals surface area contributed by atoms with Crippen LogP contribution in [0.4, 0.5) is 11.4 Å². The number of nitrogens with zero attached hydrogens (tertiary/aromatic N) is 3. The molecule has 2 heterocycles. The molecule has 1 saturated carbocycles. The summed E-state index contributed by atoms with van der Waals surface area (Å²) in [5.41, 5.74) is 2.09. The second kappa shape index (κ2) is 9.90. The molecule has 8 heteroatoms. The number of benzene rings is 1. The molecule has 3 aliphatic rings. The van der Waals surface area contributed by atoms with Gasteiger partial charge in [0, 0.05) is 63.0 Å². The largest absolute Gasteiger partial charge is 0.378 e. The maximum absolute atomic E-state index is 13.4. The number of carbonyl (C=O) groups is 3. The maximum atomic E-state index is 13.4. The summed E-state index contributed by atoms with van der Waals surface area (Å²) in [5, 5.41) is 2.94. The highest BCUT2D eigenvalue weighted by molar-refractivity contribution is 6.02. The van der Waals surface area contributed by atoms with E-state index in [-0.39, 0.29) is 29.6 Å². The third-order valence-corrected chi connectivity index (χ3v) is 6.26. The minimum atomic E-state index is -0.0512. The standard InChI is InChI=1S/C24H34N4O4/c1-17(2)15-22(29)25-19-5-6-21(20(16-19)24(31)28-11-13-32-14-12-28)26-7-9-27(10-8-26)23(30)18-3-4-18/h5-6,16-18H,3-4,7-15H2,1-2H3,(H,25,29). The van der Waals surface area contributed by atoms with E-state index in [2.05, 4.69) is 10.2 Å². The van der Waals surface area contributed by atoms with Crippen LogP contribution in [0.3, 0.4) is 0 Å². The zero-order chi connectivity index (χ0) is 22.7. The number of piperazine rings is 1. The SMILES string of the molecule is CC(C)CC(=O)Nc1ccc(N2CCN(C(=O)C3CC3)CC2)c(C(=O)N2CCOCC2)c1. The Labute approximate surface area is 189 Å². The van der Waals surface area contributed by atoms with Crippen LogP contribution in [-0.4, -0.2) is 80.0 Å². The van der Waals surface area contributed by atoms with Gasteiger partial charge in [0.2, 0.25) is 11.8 Å². The Bertz CT molecular complexity index is 854. The van der Waals surface area contributed by atoms with E-state index in [4.69, 9.17) is 4.74 Å². The van der Waals surface area contributed by atoms with Crippen LogP contribution in [0.25, 0.3) is 0 Å². The van der Waals surface area contributed by atoms with E-state index >= 15 is 0 Å². The van der Waals surface area contributed by atoms with Crippen molar-refractivity contribution in [2.45, 2.75) is 33.1 Å². The second-order valence-electron chi connectivity index (χ2n) is 9.37. The van der Waals surface area contributed by atoms with Crippen LogP contribution in [0.1, 0.15) is 43.5 Å². The Morgan fingerprint density at radius 2 is 1.69 bits per heavy atom. The smallest absolute Gasteiger partial charge is 0.256 e. The van der Waals surface area contributed by atoms with Crippen molar-refractivity contribution in [3.05, 3.63) is 23.8 Å². The first-order valence-corrected chi connectivity index (χ1v) is 11.8. The Balaban J connectivity index is 1.52. The lowest BCUT2D eigenvalue weighted by atomic mass is 10.1. The van der Waals surface area contributed by atoms with E-state index < -0.39 is 0 Å². The van der Waals surface area contributed by atoms with Gasteiger partial charge in [-0.3, -0.25) is 14.4 Å². The zero-order valence-corrected chi connectivity index (χ0v) is 19.1. The Kier molecular flexibility index (Phi) is 6.98. The number of carbonyl (C=O) groups excluding carboxylic acids is 3. The topological polar surface area (TPSA) is 82.2 Å². The molecular weight excluding hydrogens is 408 g/mol. The van der Waals surface area contributed by atoms with E-state index in [0.717, 1.165) is 18.5 Å². The van der Waals surface area contributed by atoms with Gasteiger partial charge in [-0.2, -0.15) is 0 Å². The van der Waals surface area contributed by atoms with Crippen LogP contribution < -0.4 is 10.2 Å². The van der Waals surface area contributed by atoms with Crippen LogP contribution >= 0.6 is 0 Å². The molecule has 2 aliphatic heterocycles. The fourth-order valence-electron chi connectivity index (χ4n) is 4.34. The highest BCUT2D eigenvalue weighted by Gasteiger charge is 2.35. The molecule has 1 aromatic carbocycles. The molecule has 3 amide bonds. The van der Waals surface area contributed by atoms with Crippen molar-refractivity contribution in [2.75, 3.05) is 62.7 Å². The number of ether oxygens (including phenoxy) is 1. The molecule has 0 radical (unpaired) electrons. The maximum Gasteiger partial charge on any atom is 0.256 e. The van der Waals surface area contributed by atoms with Gasteiger partial charge in [0.25, 0.3) is 5.91 Å². The lowest BCUT2D eigenvalue weighted by Crippen LogP contribution is -2.50. The van der Waals surface area contributed by atoms with Crippen molar-refractivity contribution in [3.63, 3.8) is 0 Å². The number of rotatable bonds is 6. The summed E-state index contributed by atoms with van der Waals surface area (Å²) in [5.74, 6) is 0.675. The van der Waals surface area contributed by atoms with E-state index in [1.54, 1.807) is 6.07 Å². The number of anilines is 2. The van der Waals surface area contributed by atoms with Gasteiger partial charge in [-0.05, 0) is 37.0 Å². The number of hydrogen-bond acceptors (Lipinski definition) is 5. The molecule has 2 saturated heterocycles. The van der Waals surface area contributed by atoms with Crippen LogP contribution in [-0.2, 0) is 14.3 Å². The molecule has 174 valence electrons. The van der Waals surface area contributed by atoms with Crippen molar-refractivity contribution in [2.24, 2.45) is 11.8 Å².